The topological polar surface area (TPSA) is 91.4 Å². The van der Waals surface area contributed by atoms with E-state index in [-0.39, 0.29) is 0 Å². The van der Waals surface area contributed by atoms with Gasteiger partial charge in [-0.1, -0.05) is 0 Å². The van der Waals surface area contributed by atoms with Crippen LogP contribution in [-0.2, 0) is 7.05 Å². The summed E-state index contributed by atoms with van der Waals surface area (Å²) in [5.74, 6) is 0.0748. The number of carbonyl (C=O) groups excluding carboxylic acids is 1. The van der Waals surface area contributed by atoms with Crippen molar-refractivity contribution in [3.63, 3.8) is 0 Å². The molecule has 150 valence electrons. The van der Waals surface area contributed by atoms with Gasteiger partial charge in [0.05, 0.1) is 23.0 Å². The second-order valence-electron chi connectivity index (χ2n) is 7.27. The number of primary amides is 1. The highest BCUT2D eigenvalue weighted by atomic mass is 32.1. The van der Waals surface area contributed by atoms with Crippen molar-refractivity contribution < 1.29 is 9.21 Å². The van der Waals surface area contributed by atoms with E-state index in [0.29, 0.717) is 11.3 Å². The predicted octanol–water partition coefficient (Wildman–Crippen LogP) is 3.79. The number of hydrogen-bond donors (Lipinski definition) is 2. The molecule has 29 heavy (non-hydrogen) atoms. The lowest BCUT2D eigenvalue weighted by Crippen LogP contribution is -2.09. The monoisotopic (exact) mass is 409 g/mol. The van der Waals surface area contributed by atoms with Gasteiger partial charge in [0.1, 0.15) is 12.0 Å². The van der Waals surface area contributed by atoms with E-state index in [9.17, 15) is 4.79 Å². The molecule has 7 nitrogen and oxygen atoms in total. The van der Waals surface area contributed by atoms with Crippen LogP contribution in [0.5, 0.6) is 0 Å². The quantitative estimate of drug-likeness (QED) is 0.504. The number of fused-ring (bicyclic) bond motifs is 1. The van der Waals surface area contributed by atoms with Crippen molar-refractivity contribution in [3.8, 4) is 22.5 Å². The van der Waals surface area contributed by atoms with Gasteiger partial charge in [0.15, 0.2) is 0 Å². The third-order valence-corrected chi connectivity index (χ3v) is 5.53. The van der Waals surface area contributed by atoms with Crippen molar-refractivity contribution in [2.24, 2.45) is 12.8 Å². The number of carbonyl (C=O) groups is 1. The Hall–Kier alpha value is -3.00. The summed E-state index contributed by atoms with van der Waals surface area (Å²) in [5, 5.41) is 9.69. The molecule has 5 rings (SSSR count). The second kappa shape index (κ2) is 7.44. The summed E-state index contributed by atoms with van der Waals surface area (Å²) in [6.45, 7) is 4.02. The van der Waals surface area contributed by atoms with Gasteiger partial charge >= 0.3 is 0 Å². The zero-order valence-electron chi connectivity index (χ0n) is 16.6. The molecule has 0 aliphatic heterocycles. The Morgan fingerprint density at radius 3 is 2.59 bits per heavy atom. The van der Waals surface area contributed by atoms with Gasteiger partial charge in [0.2, 0.25) is 0 Å². The molecule has 4 aromatic rings. The third-order valence-electron chi connectivity index (χ3n) is 5.02. The Bertz CT molecular complexity index is 1200. The van der Waals surface area contributed by atoms with Crippen LogP contribution in [0.4, 0.5) is 0 Å². The van der Waals surface area contributed by atoms with Crippen LogP contribution in [0.2, 0.25) is 0 Å². The largest absolute Gasteiger partial charge is 0.464 e. The predicted molar refractivity (Wildman–Crippen MR) is 115 cm³/mol. The van der Waals surface area contributed by atoms with E-state index in [1.807, 2.05) is 54.6 Å². The van der Waals surface area contributed by atoms with Crippen LogP contribution >= 0.6 is 12.6 Å². The van der Waals surface area contributed by atoms with Crippen molar-refractivity contribution in [1.29, 1.82) is 0 Å². The number of thiol groups is 1. The lowest BCUT2D eigenvalue weighted by Gasteiger charge is -2.03. The molecule has 1 fully saturated rings. The average molecular weight is 410 g/mol. The maximum Gasteiger partial charge on any atom is 0.251 e. The fourth-order valence-electron chi connectivity index (χ4n) is 3.18. The fraction of sp³-hybridized carbons (Fsp3) is 0.286. The molecule has 1 aliphatic rings. The van der Waals surface area contributed by atoms with Gasteiger partial charge in [-0.2, -0.15) is 22.8 Å². The third kappa shape index (κ3) is 3.80. The van der Waals surface area contributed by atoms with Crippen LogP contribution in [0.15, 0.2) is 41.3 Å². The molecular formula is C21H23N5O2S. The summed E-state index contributed by atoms with van der Waals surface area (Å²) in [4.78, 5) is 11.3. The first kappa shape index (κ1) is 19.3. The van der Waals surface area contributed by atoms with Crippen LogP contribution in [0.3, 0.4) is 0 Å². The molecular weight excluding hydrogens is 386 g/mol. The fourth-order valence-corrected chi connectivity index (χ4v) is 3.33. The minimum atomic E-state index is -0.511. The summed E-state index contributed by atoms with van der Waals surface area (Å²) in [5.41, 5.74) is 11.5. The maximum atomic E-state index is 11.3. The molecule has 1 amide bonds. The molecule has 0 spiro atoms. The lowest BCUT2D eigenvalue weighted by molar-refractivity contribution is 0.0999. The summed E-state index contributed by atoms with van der Waals surface area (Å²) >= 11 is 4.08. The number of rotatable bonds is 3. The number of furan rings is 1. The Morgan fingerprint density at radius 2 is 2.03 bits per heavy atom. The number of amides is 1. The van der Waals surface area contributed by atoms with Crippen molar-refractivity contribution in [2.75, 3.05) is 0 Å². The van der Waals surface area contributed by atoms with Crippen LogP contribution < -0.4 is 5.73 Å². The van der Waals surface area contributed by atoms with Gasteiger partial charge in [-0.25, -0.2) is 4.52 Å². The van der Waals surface area contributed by atoms with E-state index < -0.39 is 5.91 Å². The van der Waals surface area contributed by atoms with E-state index in [0.717, 1.165) is 38.8 Å². The molecule has 4 aromatic heterocycles. The second-order valence-corrected chi connectivity index (χ2v) is 8.00. The van der Waals surface area contributed by atoms with Crippen molar-refractivity contribution in [3.05, 3.63) is 53.8 Å². The number of aromatic nitrogens is 4. The highest BCUT2D eigenvalue weighted by molar-refractivity contribution is 7.81. The van der Waals surface area contributed by atoms with Crippen LogP contribution in [0, 0.1) is 13.8 Å². The zero-order chi connectivity index (χ0) is 20.7. The number of nitrogens with zero attached hydrogens (tertiary/aromatic N) is 4. The highest BCUT2D eigenvalue weighted by Crippen LogP contribution is 2.32. The smallest absolute Gasteiger partial charge is 0.251 e. The number of aryl methyl sites for hydroxylation is 2. The van der Waals surface area contributed by atoms with Gasteiger partial charge in [0, 0.05) is 40.9 Å². The first-order valence-electron chi connectivity index (χ1n) is 9.40. The summed E-state index contributed by atoms with van der Waals surface area (Å²) in [6.07, 6.45) is 7.77. The Kier molecular flexibility index (Phi) is 4.96. The van der Waals surface area contributed by atoms with Crippen molar-refractivity contribution in [1.82, 2.24) is 19.4 Å². The van der Waals surface area contributed by atoms with E-state index >= 15 is 0 Å². The molecule has 0 aromatic carbocycles. The Morgan fingerprint density at radius 1 is 1.31 bits per heavy atom. The zero-order valence-corrected chi connectivity index (χ0v) is 17.5. The minimum absolute atomic E-state index is 0.350. The van der Waals surface area contributed by atoms with Crippen LogP contribution in [0.25, 0.3) is 28.0 Å². The van der Waals surface area contributed by atoms with Gasteiger partial charge in [-0.3, -0.25) is 9.48 Å². The standard InChI is InChI=1S/C18H17N5O2.C3H6S/c1-10-17(11(2)22(3)21-10)14-8-20-23-5-4-12(6-15(14)23)16-7-13(9-25-16)18(19)24;4-3-1-2-3/h4-9H,1-3H3,(H2,19,24);3-4H,1-2H2. The summed E-state index contributed by atoms with van der Waals surface area (Å²) in [6, 6.07) is 5.51. The maximum absolute atomic E-state index is 11.3. The SMILES string of the molecule is Cc1nn(C)c(C)c1-c1cnn2ccc(-c3cc(C(N)=O)co3)cc12.SC1CC1. The molecule has 4 heterocycles. The van der Waals surface area contributed by atoms with Crippen molar-refractivity contribution in [2.45, 2.75) is 31.9 Å². The van der Waals surface area contributed by atoms with E-state index in [2.05, 4.69) is 22.8 Å². The highest BCUT2D eigenvalue weighted by Gasteiger charge is 2.17. The normalized spacial score (nSPS) is 13.4. The Balaban J connectivity index is 0.000000458. The van der Waals surface area contributed by atoms with E-state index in [4.69, 9.17) is 10.2 Å². The molecule has 0 atom stereocenters. The molecule has 1 aliphatic carbocycles. The average Bonchev–Trinajstić information content (AvgIpc) is 3.09. The first-order chi connectivity index (χ1) is 13.8. The molecule has 0 radical (unpaired) electrons. The van der Waals surface area contributed by atoms with Gasteiger partial charge < -0.3 is 10.2 Å². The number of hydrogen-bond acceptors (Lipinski definition) is 5. The van der Waals surface area contributed by atoms with E-state index in [1.165, 1.54) is 19.1 Å². The van der Waals surface area contributed by atoms with Gasteiger partial charge in [0.25, 0.3) is 5.91 Å². The first-order valence-corrected chi connectivity index (χ1v) is 9.91. The van der Waals surface area contributed by atoms with Crippen LogP contribution in [-0.4, -0.2) is 30.6 Å². The van der Waals surface area contributed by atoms with E-state index in [1.54, 1.807) is 6.07 Å². The summed E-state index contributed by atoms with van der Waals surface area (Å²) < 4.78 is 9.16. The minimum Gasteiger partial charge on any atom is -0.464 e. The molecule has 8 heteroatoms. The number of pyridine rings is 1. The van der Waals surface area contributed by atoms with Crippen molar-refractivity contribution >= 4 is 24.1 Å². The number of nitrogens with two attached hydrogens (primary N) is 1. The lowest BCUT2D eigenvalue weighted by atomic mass is 10.0. The van der Waals surface area contributed by atoms with Gasteiger partial charge in [-0.15, -0.1) is 0 Å². The molecule has 0 bridgehead atoms. The molecule has 0 unspecified atom stereocenters. The Labute approximate surface area is 173 Å². The van der Waals surface area contributed by atoms with Gasteiger partial charge in [-0.05, 0) is 44.9 Å². The summed E-state index contributed by atoms with van der Waals surface area (Å²) in [7, 11) is 1.93. The molecule has 1 saturated carbocycles. The molecule has 2 N–H and O–H groups in total. The van der Waals surface area contributed by atoms with Crippen LogP contribution in [0.1, 0.15) is 34.6 Å². The molecule has 0 saturated heterocycles.